The molecule has 0 spiro atoms. The topological polar surface area (TPSA) is 99.0 Å². The van der Waals surface area contributed by atoms with Gasteiger partial charge in [0.2, 0.25) is 0 Å². The first-order valence-corrected chi connectivity index (χ1v) is 7.10. The Morgan fingerprint density at radius 3 is 2.62 bits per heavy atom. The molecule has 6 nitrogen and oxygen atoms in total. The monoisotopic (exact) mass is 335 g/mol. The molecule has 3 unspecified atom stereocenters. The Morgan fingerprint density at radius 2 is 1.95 bits per heavy atom. The van der Waals surface area contributed by atoms with Gasteiger partial charge in [0.25, 0.3) is 5.91 Å². The summed E-state index contributed by atoms with van der Waals surface area (Å²) in [6, 6.07) is 2.79. The summed E-state index contributed by atoms with van der Waals surface area (Å²) in [5.74, 6) is -1.01. The number of aliphatic hydroxyl groups excluding tert-OH is 2. The number of amides is 1. The van der Waals surface area contributed by atoms with Gasteiger partial charge in [-0.1, -0.05) is 23.2 Å². The molecule has 1 fully saturated rings. The Bertz CT molecular complexity index is 530. The number of halogens is 2. The third kappa shape index (κ3) is 3.99. The predicted molar refractivity (Wildman–Crippen MR) is 76.6 cm³/mol. The van der Waals surface area contributed by atoms with E-state index in [1.165, 1.54) is 12.1 Å². The van der Waals surface area contributed by atoms with Crippen LogP contribution in [0, 0.1) is 0 Å². The fraction of sp³-hybridized carbons (Fsp3) is 0.462. The van der Waals surface area contributed by atoms with Crippen LogP contribution in [-0.4, -0.2) is 46.3 Å². The zero-order chi connectivity index (χ0) is 15.6. The minimum absolute atomic E-state index is 0.0179. The second-order valence-corrected chi connectivity index (χ2v) is 5.62. The average molecular weight is 336 g/mol. The van der Waals surface area contributed by atoms with E-state index in [0.29, 0.717) is 6.42 Å². The fourth-order valence-electron chi connectivity index (χ4n) is 2.15. The van der Waals surface area contributed by atoms with Crippen LogP contribution in [-0.2, 0) is 4.74 Å². The Kier molecular flexibility index (Phi) is 5.29. The maximum Gasteiger partial charge on any atom is 0.256 e. The van der Waals surface area contributed by atoms with Crippen molar-refractivity contribution in [3.8, 4) is 5.75 Å². The summed E-state index contributed by atoms with van der Waals surface area (Å²) in [6.07, 6.45) is -1.82. The molecule has 8 heteroatoms. The molecule has 21 heavy (non-hydrogen) atoms. The zero-order valence-electron chi connectivity index (χ0n) is 10.9. The first-order valence-electron chi connectivity index (χ1n) is 6.35. The van der Waals surface area contributed by atoms with Crippen molar-refractivity contribution in [1.29, 1.82) is 0 Å². The molecule has 1 aromatic rings. The lowest BCUT2D eigenvalue weighted by Gasteiger charge is -2.30. The Balaban J connectivity index is 2.01. The molecule has 1 heterocycles. The summed E-state index contributed by atoms with van der Waals surface area (Å²) in [5.41, 5.74) is -0.124. The Morgan fingerprint density at radius 1 is 1.29 bits per heavy atom. The molecule has 0 aliphatic carbocycles. The number of phenolic OH excluding ortho intramolecular Hbond substituents is 1. The highest BCUT2D eigenvalue weighted by Crippen LogP contribution is 2.32. The highest BCUT2D eigenvalue weighted by atomic mass is 35.5. The number of phenols is 1. The number of carbonyl (C=O) groups excluding carboxylic acids is 1. The maximum atomic E-state index is 12.0. The van der Waals surface area contributed by atoms with Gasteiger partial charge in [-0.25, -0.2) is 0 Å². The van der Waals surface area contributed by atoms with Crippen LogP contribution >= 0.6 is 23.2 Å². The number of aliphatic hydroxyl groups is 2. The third-order valence-electron chi connectivity index (χ3n) is 3.15. The molecule has 0 bridgehead atoms. The highest BCUT2D eigenvalue weighted by molar-refractivity contribution is 6.37. The minimum atomic E-state index is -1.06. The lowest BCUT2D eigenvalue weighted by Crippen LogP contribution is -2.42. The van der Waals surface area contributed by atoms with Crippen molar-refractivity contribution in [2.75, 3.05) is 6.54 Å². The molecule has 4 N–H and O–H groups in total. The Hall–Kier alpha value is -1.05. The quantitative estimate of drug-likeness (QED) is 0.667. The van der Waals surface area contributed by atoms with E-state index in [1.54, 1.807) is 0 Å². The standard InChI is InChI=1S/C13H15Cl2NO5/c14-8-1-2-9(15)12(19)11(8)13(20)16-5-7-3-6(17)4-10(18)21-7/h1-2,6-7,10,17-19H,3-5H2,(H,16,20). The molecule has 0 radical (unpaired) electrons. The molecule has 1 saturated heterocycles. The summed E-state index contributed by atoms with van der Waals surface area (Å²) in [7, 11) is 0. The molecule has 1 aromatic carbocycles. The number of carbonyl (C=O) groups is 1. The van der Waals surface area contributed by atoms with Crippen LogP contribution in [0.2, 0.25) is 10.0 Å². The van der Waals surface area contributed by atoms with Crippen molar-refractivity contribution in [1.82, 2.24) is 5.32 Å². The van der Waals surface area contributed by atoms with E-state index in [9.17, 15) is 20.1 Å². The van der Waals surface area contributed by atoms with E-state index >= 15 is 0 Å². The van der Waals surface area contributed by atoms with Gasteiger partial charge in [0, 0.05) is 19.4 Å². The number of hydrogen-bond donors (Lipinski definition) is 4. The molecule has 116 valence electrons. The number of hydrogen-bond acceptors (Lipinski definition) is 5. The smallest absolute Gasteiger partial charge is 0.256 e. The highest BCUT2D eigenvalue weighted by Gasteiger charge is 2.28. The maximum absolute atomic E-state index is 12.0. The molecule has 1 aliphatic rings. The van der Waals surface area contributed by atoms with E-state index < -0.39 is 30.2 Å². The summed E-state index contributed by atoms with van der Waals surface area (Å²) in [4.78, 5) is 12.0. The molecule has 2 rings (SSSR count). The molecular weight excluding hydrogens is 321 g/mol. The van der Waals surface area contributed by atoms with Crippen LogP contribution in [0.25, 0.3) is 0 Å². The number of benzene rings is 1. The van der Waals surface area contributed by atoms with Crippen molar-refractivity contribution < 1.29 is 24.9 Å². The van der Waals surface area contributed by atoms with Crippen LogP contribution in [0.1, 0.15) is 23.2 Å². The van der Waals surface area contributed by atoms with Gasteiger partial charge in [0.1, 0.15) is 11.3 Å². The largest absolute Gasteiger partial charge is 0.505 e. The second-order valence-electron chi connectivity index (χ2n) is 4.80. The van der Waals surface area contributed by atoms with Gasteiger partial charge < -0.3 is 25.4 Å². The number of rotatable bonds is 3. The number of aromatic hydroxyl groups is 1. The van der Waals surface area contributed by atoms with E-state index in [2.05, 4.69) is 5.32 Å². The van der Waals surface area contributed by atoms with Gasteiger partial charge >= 0.3 is 0 Å². The predicted octanol–water partition coefficient (Wildman–Crippen LogP) is 1.29. The van der Waals surface area contributed by atoms with Crippen LogP contribution in [0.4, 0.5) is 0 Å². The minimum Gasteiger partial charge on any atom is -0.505 e. The van der Waals surface area contributed by atoms with Crippen LogP contribution in [0.15, 0.2) is 12.1 Å². The van der Waals surface area contributed by atoms with Gasteiger partial charge in [-0.3, -0.25) is 4.79 Å². The van der Waals surface area contributed by atoms with Gasteiger partial charge in [-0.15, -0.1) is 0 Å². The van der Waals surface area contributed by atoms with Gasteiger partial charge in [-0.05, 0) is 12.1 Å². The second kappa shape index (κ2) is 6.81. The third-order valence-corrected chi connectivity index (χ3v) is 3.77. The molecule has 3 atom stereocenters. The summed E-state index contributed by atoms with van der Waals surface area (Å²) < 4.78 is 5.19. The molecule has 1 aliphatic heterocycles. The van der Waals surface area contributed by atoms with Crippen molar-refractivity contribution >= 4 is 29.1 Å². The summed E-state index contributed by atoms with van der Waals surface area (Å²) in [6.45, 7) is 0.0647. The van der Waals surface area contributed by atoms with E-state index in [1.807, 2.05) is 0 Å². The first-order chi connectivity index (χ1) is 9.88. The van der Waals surface area contributed by atoms with Crippen LogP contribution in [0.3, 0.4) is 0 Å². The fourth-order valence-corrected chi connectivity index (χ4v) is 2.54. The van der Waals surface area contributed by atoms with Crippen molar-refractivity contribution in [2.45, 2.75) is 31.3 Å². The van der Waals surface area contributed by atoms with Crippen molar-refractivity contribution in [3.05, 3.63) is 27.7 Å². The van der Waals surface area contributed by atoms with Gasteiger partial charge in [-0.2, -0.15) is 0 Å². The van der Waals surface area contributed by atoms with E-state index in [0.717, 1.165) is 0 Å². The molecule has 1 amide bonds. The van der Waals surface area contributed by atoms with Gasteiger partial charge in [0.15, 0.2) is 6.29 Å². The van der Waals surface area contributed by atoms with Gasteiger partial charge in [0.05, 0.1) is 22.3 Å². The molecule has 0 aromatic heterocycles. The molecule has 0 saturated carbocycles. The van der Waals surface area contributed by atoms with Crippen molar-refractivity contribution in [2.24, 2.45) is 0 Å². The SMILES string of the molecule is O=C(NCC1CC(O)CC(O)O1)c1c(Cl)ccc(Cl)c1O. The average Bonchev–Trinajstić information content (AvgIpc) is 2.40. The number of nitrogens with one attached hydrogen (secondary N) is 1. The lowest BCUT2D eigenvalue weighted by molar-refractivity contribution is -0.186. The lowest BCUT2D eigenvalue weighted by atomic mass is 10.0. The van der Waals surface area contributed by atoms with Crippen LogP contribution < -0.4 is 5.32 Å². The summed E-state index contributed by atoms with van der Waals surface area (Å²) >= 11 is 11.6. The summed E-state index contributed by atoms with van der Waals surface area (Å²) in [5, 5.41) is 31.3. The van der Waals surface area contributed by atoms with E-state index in [-0.39, 0.29) is 28.6 Å². The zero-order valence-corrected chi connectivity index (χ0v) is 12.4. The van der Waals surface area contributed by atoms with Crippen molar-refractivity contribution in [3.63, 3.8) is 0 Å². The van der Waals surface area contributed by atoms with Crippen LogP contribution in [0.5, 0.6) is 5.75 Å². The normalized spacial score (nSPS) is 25.6. The number of ether oxygens (including phenoxy) is 1. The molecular formula is C13H15Cl2NO5. The Labute approximate surface area is 131 Å². The first kappa shape index (κ1) is 16.3. The van der Waals surface area contributed by atoms with E-state index in [4.69, 9.17) is 27.9 Å².